The van der Waals surface area contributed by atoms with Crippen LogP contribution in [0.1, 0.15) is 62.5 Å². The van der Waals surface area contributed by atoms with Crippen molar-refractivity contribution >= 4 is 12.1 Å². The summed E-state index contributed by atoms with van der Waals surface area (Å²) in [7, 11) is 0. The van der Waals surface area contributed by atoms with E-state index in [0.717, 1.165) is 0 Å². The summed E-state index contributed by atoms with van der Waals surface area (Å²) in [6.07, 6.45) is -0.592. The summed E-state index contributed by atoms with van der Waals surface area (Å²) in [5.41, 5.74) is -0.0507. The Balaban J connectivity index is 2.86. The van der Waals surface area contributed by atoms with Crippen LogP contribution in [0.15, 0.2) is 4.52 Å². The van der Waals surface area contributed by atoms with E-state index in [1.54, 1.807) is 41.5 Å². The molecule has 0 spiro atoms. The van der Waals surface area contributed by atoms with Crippen LogP contribution < -0.4 is 5.32 Å². The number of esters is 1. The van der Waals surface area contributed by atoms with Crippen LogP contribution in [0.5, 0.6) is 0 Å². The molecule has 0 aliphatic rings. The Labute approximate surface area is 124 Å². The van der Waals surface area contributed by atoms with Gasteiger partial charge in [0.05, 0.1) is 12.6 Å². The van der Waals surface area contributed by atoms with Crippen LogP contribution in [0.3, 0.4) is 0 Å². The average Bonchev–Trinajstić information content (AvgIpc) is 2.68. The molecule has 7 nitrogen and oxygen atoms in total. The number of carbonyl (C=O) groups is 2. The topological polar surface area (TPSA) is 90.7 Å². The molecule has 0 aromatic carbocycles. The number of ether oxygens (including phenoxy) is 2. The van der Waals surface area contributed by atoms with E-state index in [1.165, 1.54) is 0 Å². The quantitative estimate of drug-likeness (QED) is 0.859. The summed E-state index contributed by atoms with van der Waals surface area (Å²) >= 11 is 0. The van der Waals surface area contributed by atoms with Gasteiger partial charge in [-0.2, -0.15) is 0 Å². The molecule has 1 N–H and O–H groups in total. The molecule has 118 valence electrons. The summed E-state index contributed by atoms with van der Waals surface area (Å²) in [5, 5.41) is 6.43. The lowest BCUT2D eigenvalue weighted by Gasteiger charge is -2.21. The highest BCUT2D eigenvalue weighted by atomic mass is 16.6. The van der Waals surface area contributed by atoms with Crippen molar-refractivity contribution in [1.82, 2.24) is 10.5 Å². The van der Waals surface area contributed by atoms with Gasteiger partial charge >= 0.3 is 12.1 Å². The number of alkyl carbamates (subject to hydrolysis) is 1. The highest BCUT2D eigenvalue weighted by Gasteiger charge is 2.27. The molecule has 21 heavy (non-hydrogen) atoms. The fourth-order valence-electron chi connectivity index (χ4n) is 1.69. The normalized spacial score (nSPS) is 12.7. The van der Waals surface area contributed by atoms with Gasteiger partial charge in [0.2, 0.25) is 0 Å². The predicted octanol–water partition coefficient (Wildman–Crippen LogP) is 2.75. The van der Waals surface area contributed by atoms with E-state index >= 15 is 0 Å². The van der Waals surface area contributed by atoms with Crippen molar-refractivity contribution in [3.8, 4) is 0 Å². The molecule has 0 radical (unpaired) electrons. The summed E-state index contributed by atoms with van der Waals surface area (Å²) in [5.74, 6) is -0.176. The second-order valence-corrected chi connectivity index (χ2v) is 5.59. The molecule has 0 saturated carbocycles. The Morgan fingerprint density at radius 2 is 2.00 bits per heavy atom. The van der Waals surface area contributed by atoms with Crippen molar-refractivity contribution < 1.29 is 23.6 Å². The first-order valence-electron chi connectivity index (χ1n) is 6.78. The molecular weight excluding hydrogens is 276 g/mol. The lowest BCUT2D eigenvalue weighted by atomic mass is 10.1. The Hall–Kier alpha value is -2.05. The minimum absolute atomic E-state index is 0.236. The van der Waals surface area contributed by atoms with Crippen LogP contribution in [0.2, 0.25) is 0 Å². The van der Waals surface area contributed by atoms with E-state index in [-0.39, 0.29) is 12.2 Å². The van der Waals surface area contributed by atoms with Gasteiger partial charge in [0.25, 0.3) is 0 Å². The van der Waals surface area contributed by atoms with Crippen molar-refractivity contribution in [2.75, 3.05) is 6.61 Å². The van der Waals surface area contributed by atoms with Crippen LogP contribution in [-0.2, 0) is 9.47 Å². The Kier molecular flexibility index (Phi) is 5.34. The molecule has 1 heterocycles. The third kappa shape index (κ3) is 4.77. The first kappa shape index (κ1) is 17.0. The number of aryl methyl sites for hydroxylation is 1. The zero-order chi connectivity index (χ0) is 16.2. The molecule has 0 aliphatic carbocycles. The molecule has 0 saturated heterocycles. The van der Waals surface area contributed by atoms with E-state index < -0.39 is 23.7 Å². The van der Waals surface area contributed by atoms with E-state index in [0.29, 0.717) is 11.5 Å². The fourth-order valence-corrected chi connectivity index (χ4v) is 1.69. The van der Waals surface area contributed by atoms with Crippen molar-refractivity contribution in [3.05, 3.63) is 17.0 Å². The molecule has 1 atom stereocenters. The number of nitrogens with zero attached hydrogens (tertiary/aromatic N) is 1. The van der Waals surface area contributed by atoms with Crippen LogP contribution in [0, 0.1) is 6.92 Å². The van der Waals surface area contributed by atoms with Gasteiger partial charge in [-0.1, -0.05) is 5.16 Å². The predicted molar refractivity (Wildman–Crippen MR) is 75.0 cm³/mol. The van der Waals surface area contributed by atoms with E-state index in [9.17, 15) is 9.59 Å². The number of rotatable bonds is 4. The number of aromatic nitrogens is 1. The zero-order valence-electron chi connectivity index (χ0n) is 13.3. The summed E-state index contributed by atoms with van der Waals surface area (Å²) in [6, 6.07) is -0.545. The zero-order valence-corrected chi connectivity index (χ0v) is 13.3. The van der Waals surface area contributed by atoms with E-state index in [4.69, 9.17) is 14.0 Å². The van der Waals surface area contributed by atoms with E-state index in [1.807, 2.05) is 0 Å². The minimum Gasteiger partial charge on any atom is -0.462 e. The fraction of sp³-hybridized carbons (Fsp3) is 0.643. The lowest BCUT2D eigenvalue weighted by Crippen LogP contribution is -2.34. The van der Waals surface area contributed by atoms with Gasteiger partial charge in [0.15, 0.2) is 0 Å². The third-order valence-corrected chi connectivity index (χ3v) is 2.51. The van der Waals surface area contributed by atoms with Gasteiger partial charge in [-0.05, 0) is 41.5 Å². The van der Waals surface area contributed by atoms with Crippen molar-refractivity contribution in [2.24, 2.45) is 0 Å². The minimum atomic E-state index is -0.604. The Morgan fingerprint density at radius 3 is 2.52 bits per heavy atom. The van der Waals surface area contributed by atoms with Gasteiger partial charge in [-0.3, -0.25) is 0 Å². The smallest absolute Gasteiger partial charge is 0.408 e. The van der Waals surface area contributed by atoms with Gasteiger partial charge in [0.1, 0.15) is 22.6 Å². The highest BCUT2D eigenvalue weighted by Crippen LogP contribution is 2.21. The summed E-state index contributed by atoms with van der Waals surface area (Å²) < 4.78 is 15.1. The Bertz CT molecular complexity index is 516. The molecule has 1 amide bonds. The van der Waals surface area contributed by atoms with E-state index in [2.05, 4.69) is 10.5 Å². The number of amides is 1. The molecule has 0 fully saturated rings. The average molecular weight is 298 g/mol. The lowest BCUT2D eigenvalue weighted by molar-refractivity contribution is 0.0489. The Morgan fingerprint density at radius 1 is 1.38 bits per heavy atom. The summed E-state index contributed by atoms with van der Waals surface area (Å²) in [4.78, 5) is 23.6. The van der Waals surface area contributed by atoms with Crippen LogP contribution in [0.4, 0.5) is 4.79 Å². The first-order valence-corrected chi connectivity index (χ1v) is 6.78. The van der Waals surface area contributed by atoms with Crippen molar-refractivity contribution in [1.29, 1.82) is 0 Å². The van der Waals surface area contributed by atoms with Gasteiger partial charge in [0, 0.05) is 0 Å². The molecule has 0 bridgehead atoms. The summed E-state index contributed by atoms with van der Waals surface area (Å²) in [6.45, 7) is 10.6. The first-order chi connectivity index (χ1) is 9.65. The standard InChI is InChI=1S/C14H22N2O5/c1-7-19-12(17)10-9(3)21-16-11(10)8(2)15-13(18)20-14(4,5)6/h8H,7H2,1-6H3,(H,15,18)/t8-/m0/s1. The molecule has 1 aromatic heterocycles. The highest BCUT2D eigenvalue weighted by molar-refractivity contribution is 5.91. The number of hydrogen-bond acceptors (Lipinski definition) is 6. The van der Waals surface area contributed by atoms with Crippen molar-refractivity contribution in [3.63, 3.8) is 0 Å². The largest absolute Gasteiger partial charge is 0.462 e. The number of hydrogen-bond donors (Lipinski definition) is 1. The second kappa shape index (κ2) is 6.60. The van der Waals surface area contributed by atoms with Crippen LogP contribution in [-0.4, -0.2) is 29.4 Å². The SMILES string of the molecule is CCOC(=O)c1c([C@H](C)NC(=O)OC(C)(C)C)noc1C. The second-order valence-electron chi connectivity index (χ2n) is 5.59. The molecular formula is C14H22N2O5. The van der Waals surface area contributed by atoms with Crippen LogP contribution in [0.25, 0.3) is 0 Å². The molecule has 1 rings (SSSR count). The van der Waals surface area contributed by atoms with Crippen molar-refractivity contribution in [2.45, 2.75) is 53.2 Å². The third-order valence-electron chi connectivity index (χ3n) is 2.51. The monoisotopic (exact) mass is 298 g/mol. The van der Waals surface area contributed by atoms with Crippen LogP contribution >= 0.6 is 0 Å². The molecule has 0 aliphatic heterocycles. The number of nitrogens with one attached hydrogen (secondary N) is 1. The molecule has 0 unspecified atom stereocenters. The van der Waals surface area contributed by atoms with Gasteiger partial charge < -0.3 is 19.3 Å². The maximum Gasteiger partial charge on any atom is 0.408 e. The molecule has 1 aromatic rings. The molecule has 7 heteroatoms. The maximum absolute atomic E-state index is 11.9. The van der Waals surface area contributed by atoms with Gasteiger partial charge in [-0.15, -0.1) is 0 Å². The number of carbonyl (C=O) groups excluding carboxylic acids is 2. The van der Waals surface area contributed by atoms with Gasteiger partial charge in [-0.25, -0.2) is 9.59 Å². The maximum atomic E-state index is 11.9.